The maximum absolute atomic E-state index is 14.5. The molecule has 0 amide bonds. The number of aliphatic hydroxyl groups is 3. The van der Waals surface area contributed by atoms with Crippen LogP contribution in [0.5, 0.6) is 0 Å². The van der Waals surface area contributed by atoms with Crippen LogP contribution in [0.3, 0.4) is 0 Å². The molecule has 2 saturated carbocycles. The zero-order chi connectivity index (χ0) is 29.2. The lowest BCUT2D eigenvalue weighted by Crippen LogP contribution is -2.65. The van der Waals surface area contributed by atoms with Crippen LogP contribution in [0.15, 0.2) is 65.3 Å². The highest BCUT2D eigenvalue weighted by Gasteiger charge is 2.76. The van der Waals surface area contributed by atoms with Gasteiger partial charge in [0.15, 0.2) is 5.78 Å². The number of ether oxygens (including phenoxy) is 2. The van der Waals surface area contributed by atoms with E-state index in [-0.39, 0.29) is 36.4 Å². The van der Waals surface area contributed by atoms with Crippen LogP contribution in [0.4, 0.5) is 0 Å². The van der Waals surface area contributed by atoms with Crippen LogP contribution in [0.2, 0.25) is 0 Å². The fraction of sp³-hybridized carbons (Fsp3) is 0.531. The second-order valence-corrected chi connectivity index (χ2v) is 12.3. The van der Waals surface area contributed by atoms with Crippen molar-refractivity contribution in [2.24, 2.45) is 34.5 Å². The van der Waals surface area contributed by atoms with Gasteiger partial charge >= 0.3 is 11.9 Å². The number of hydrogen-bond donors (Lipinski definition) is 3. The summed E-state index contributed by atoms with van der Waals surface area (Å²) in [6.07, 6.45) is 2.29. The smallest absolute Gasteiger partial charge is 0.338 e. The van der Waals surface area contributed by atoms with Crippen molar-refractivity contribution in [1.82, 2.24) is 0 Å². The Balaban J connectivity index is 1.52. The molecule has 40 heavy (non-hydrogen) atoms. The van der Waals surface area contributed by atoms with E-state index in [4.69, 9.17) is 9.47 Å². The summed E-state index contributed by atoms with van der Waals surface area (Å²) in [5.41, 5.74) is -2.85. The predicted molar refractivity (Wildman–Crippen MR) is 146 cm³/mol. The number of fused-ring (bicyclic) bond motifs is 3. The molecule has 8 nitrogen and oxygen atoms in total. The maximum Gasteiger partial charge on any atom is 0.338 e. The van der Waals surface area contributed by atoms with E-state index in [1.54, 1.807) is 63.3 Å². The lowest BCUT2D eigenvalue weighted by atomic mass is 9.59. The largest absolute Gasteiger partial charge is 0.461 e. The van der Waals surface area contributed by atoms with Gasteiger partial charge in [-0.1, -0.05) is 50.3 Å². The molecule has 3 N–H and O–H groups in total. The van der Waals surface area contributed by atoms with Crippen LogP contribution in [0.25, 0.3) is 0 Å². The van der Waals surface area contributed by atoms with E-state index in [1.807, 2.05) is 19.9 Å². The molecule has 8 heteroatoms. The number of rotatable bonds is 6. The van der Waals surface area contributed by atoms with Gasteiger partial charge in [-0.15, -0.1) is 0 Å². The fourth-order valence-corrected chi connectivity index (χ4v) is 7.71. The minimum Gasteiger partial charge on any atom is -0.461 e. The van der Waals surface area contributed by atoms with Crippen molar-refractivity contribution in [3.8, 4) is 0 Å². The third-order valence-corrected chi connectivity index (χ3v) is 10.2. The molecule has 1 spiro atoms. The number of hydrogen-bond acceptors (Lipinski definition) is 8. The number of carbonyl (C=O) groups excluding carboxylic acids is 3. The number of allylic oxidation sites excluding steroid dienone is 2. The Labute approximate surface area is 234 Å². The Morgan fingerprint density at radius 1 is 1.12 bits per heavy atom. The predicted octanol–water partition coefficient (Wildman–Crippen LogP) is 3.17. The molecule has 0 radical (unpaired) electrons. The van der Waals surface area contributed by atoms with Crippen LogP contribution in [-0.4, -0.2) is 64.1 Å². The molecule has 9 atom stereocenters. The van der Waals surface area contributed by atoms with Gasteiger partial charge in [0.25, 0.3) is 0 Å². The van der Waals surface area contributed by atoms with Crippen molar-refractivity contribution in [3.63, 3.8) is 0 Å². The van der Waals surface area contributed by atoms with Crippen LogP contribution in [0, 0.1) is 34.5 Å². The molecule has 214 valence electrons. The number of esters is 2. The molecule has 1 aromatic rings. The summed E-state index contributed by atoms with van der Waals surface area (Å²) in [5.74, 6) is -2.71. The van der Waals surface area contributed by atoms with Gasteiger partial charge in [0, 0.05) is 16.9 Å². The zero-order valence-corrected chi connectivity index (χ0v) is 23.6. The minimum atomic E-state index is -2.22. The third kappa shape index (κ3) is 3.87. The van der Waals surface area contributed by atoms with E-state index < -0.39 is 52.4 Å². The molecule has 0 unspecified atom stereocenters. The van der Waals surface area contributed by atoms with Crippen molar-refractivity contribution < 1.29 is 39.2 Å². The Hall–Kier alpha value is -3.07. The average molecular weight is 551 g/mol. The van der Waals surface area contributed by atoms with E-state index in [1.165, 1.54) is 0 Å². The first kappa shape index (κ1) is 28.5. The van der Waals surface area contributed by atoms with Crippen LogP contribution in [0.1, 0.15) is 51.4 Å². The lowest BCUT2D eigenvalue weighted by molar-refractivity contribution is -0.190. The molecule has 0 aliphatic heterocycles. The van der Waals surface area contributed by atoms with Crippen molar-refractivity contribution >= 4 is 17.7 Å². The Morgan fingerprint density at radius 2 is 1.80 bits per heavy atom. The van der Waals surface area contributed by atoms with Gasteiger partial charge in [-0.25, -0.2) is 9.59 Å². The standard InChI is InChI=1S/C32H38O8/c1-6-17(2)28(36)39-15-21-13-22-24-23(30(24,5)16-40-29(37)20-10-8-7-9-11-20)12-19(4)31(27(22)35)14-18(3)25(33)32(31,38)26(21)34/h6-11,13-14,19,22-26,33-34,38H,12,15-16H2,1-5H3/b17-6-/t19-,22+,23-,24+,25+,26-,30-,31+,32-/m1/s1. The normalized spacial score (nSPS) is 40.1. The number of carbonyl (C=O) groups is 3. The van der Waals surface area contributed by atoms with Gasteiger partial charge in [0.1, 0.15) is 24.4 Å². The van der Waals surface area contributed by atoms with Crippen molar-refractivity contribution in [1.29, 1.82) is 0 Å². The molecule has 4 aliphatic rings. The average Bonchev–Trinajstić information content (AvgIpc) is 3.49. The summed E-state index contributed by atoms with van der Waals surface area (Å²) in [4.78, 5) is 39.7. The van der Waals surface area contributed by atoms with Gasteiger partial charge < -0.3 is 24.8 Å². The number of aliphatic hydroxyl groups excluding tert-OH is 2. The summed E-state index contributed by atoms with van der Waals surface area (Å²) in [6, 6.07) is 8.71. The third-order valence-electron chi connectivity index (χ3n) is 10.2. The first-order valence-corrected chi connectivity index (χ1v) is 13.9. The Bertz CT molecular complexity index is 1330. The SMILES string of the molecule is C/C=C(/C)C(=O)OCC1=C[C@@H]2C(=O)[C@]3(C=C(C)[C@H](O)[C@@]3(O)[C@@H]1O)[C@H](C)C[C@@H]1[C@H]2[C@]1(C)COC(=O)c1ccccc1. The number of benzene rings is 1. The highest BCUT2D eigenvalue weighted by molar-refractivity contribution is 5.95. The van der Waals surface area contributed by atoms with Gasteiger partial charge in [-0.05, 0) is 68.2 Å². The molecular weight excluding hydrogens is 512 g/mol. The van der Waals surface area contributed by atoms with Crippen molar-refractivity contribution in [3.05, 3.63) is 70.8 Å². The second kappa shape index (κ2) is 9.79. The minimum absolute atomic E-state index is 0.00402. The van der Waals surface area contributed by atoms with E-state index in [0.717, 1.165) is 0 Å². The van der Waals surface area contributed by atoms with Gasteiger partial charge in [0.05, 0.1) is 17.6 Å². The first-order chi connectivity index (χ1) is 18.8. The number of Topliss-reactive ketones (excluding diaryl/α,β-unsaturated/α-hetero) is 1. The molecule has 4 aliphatic carbocycles. The molecule has 5 rings (SSSR count). The van der Waals surface area contributed by atoms with Gasteiger partial charge in [-0.3, -0.25) is 4.79 Å². The number of ketones is 1. The summed E-state index contributed by atoms with van der Waals surface area (Å²) in [6.45, 7) is 8.59. The van der Waals surface area contributed by atoms with Gasteiger partial charge in [-0.2, -0.15) is 0 Å². The monoisotopic (exact) mass is 550 g/mol. The highest BCUT2D eigenvalue weighted by Crippen LogP contribution is 2.71. The quantitative estimate of drug-likeness (QED) is 0.280. The fourth-order valence-electron chi connectivity index (χ4n) is 7.71. The maximum atomic E-state index is 14.5. The first-order valence-electron chi connectivity index (χ1n) is 13.9. The highest BCUT2D eigenvalue weighted by atomic mass is 16.5. The summed E-state index contributed by atoms with van der Waals surface area (Å²) in [5, 5.41) is 35.0. The van der Waals surface area contributed by atoms with Crippen molar-refractivity contribution in [2.45, 2.75) is 58.8 Å². The molecule has 0 saturated heterocycles. The molecule has 0 aromatic heterocycles. The Kier molecular flexibility index (Phi) is 6.96. The van der Waals surface area contributed by atoms with E-state index in [2.05, 4.69) is 0 Å². The van der Waals surface area contributed by atoms with E-state index >= 15 is 0 Å². The van der Waals surface area contributed by atoms with E-state index in [9.17, 15) is 29.7 Å². The second-order valence-electron chi connectivity index (χ2n) is 12.3. The van der Waals surface area contributed by atoms with Crippen LogP contribution >= 0.6 is 0 Å². The van der Waals surface area contributed by atoms with Gasteiger partial charge in [0.2, 0.25) is 0 Å². The molecule has 1 aromatic carbocycles. The van der Waals surface area contributed by atoms with Crippen LogP contribution < -0.4 is 0 Å². The molecule has 2 fully saturated rings. The Morgan fingerprint density at radius 3 is 2.45 bits per heavy atom. The van der Waals surface area contributed by atoms with Crippen LogP contribution in [-0.2, 0) is 19.1 Å². The molecular formula is C32H38O8. The zero-order valence-electron chi connectivity index (χ0n) is 23.6. The summed E-state index contributed by atoms with van der Waals surface area (Å²) >= 11 is 0. The molecule has 0 heterocycles. The summed E-state index contributed by atoms with van der Waals surface area (Å²) < 4.78 is 11.2. The topological polar surface area (TPSA) is 130 Å². The van der Waals surface area contributed by atoms with Crippen molar-refractivity contribution in [2.75, 3.05) is 13.2 Å². The lowest BCUT2D eigenvalue weighted by Gasteiger charge is -2.48. The summed E-state index contributed by atoms with van der Waals surface area (Å²) in [7, 11) is 0. The van der Waals surface area contributed by atoms with E-state index in [0.29, 0.717) is 23.1 Å². The molecule has 2 bridgehead atoms.